The van der Waals surface area contributed by atoms with Crippen LogP contribution in [0.2, 0.25) is 0 Å². The molecule has 2 aromatic rings. The molecule has 0 unspecified atom stereocenters. The molecular formula is C13H14N2OS2. The second kappa shape index (κ2) is 6.02. The van der Waals surface area contributed by atoms with Gasteiger partial charge >= 0.3 is 0 Å². The maximum atomic E-state index is 11.7. The maximum absolute atomic E-state index is 11.7. The zero-order valence-electron chi connectivity index (χ0n) is 10.0. The van der Waals surface area contributed by atoms with Crippen molar-refractivity contribution in [1.82, 2.24) is 10.3 Å². The third-order valence-electron chi connectivity index (χ3n) is 2.43. The lowest BCUT2D eigenvalue weighted by Crippen LogP contribution is -2.24. The fourth-order valence-electron chi connectivity index (χ4n) is 1.53. The highest BCUT2D eigenvalue weighted by molar-refractivity contribution is 7.80. The van der Waals surface area contributed by atoms with Gasteiger partial charge in [-0.2, -0.15) is 0 Å². The van der Waals surface area contributed by atoms with Gasteiger partial charge in [0.05, 0.1) is 18.0 Å². The Hall–Kier alpha value is -1.33. The van der Waals surface area contributed by atoms with E-state index in [1.807, 2.05) is 31.2 Å². The van der Waals surface area contributed by atoms with Crippen molar-refractivity contribution in [3.8, 4) is 0 Å². The molecule has 0 atom stereocenters. The van der Waals surface area contributed by atoms with E-state index in [1.165, 1.54) is 0 Å². The second-order valence-electron chi connectivity index (χ2n) is 3.97. The minimum absolute atomic E-state index is 0.0213. The van der Waals surface area contributed by atoms with Crippen molar-refractivity contribution < 1.29 is 4.79 Å². The van der Waals surface area contributed by atoms with Gasteiger partial charge in [-0.05, 0) is 24.6 Å². The van der Waals surface area contributed by atoms with E-state index < -0.39 is 0 Å². The summed E-state index contributed by atoms with van der Waals surface area (Å²) in [5, 5.41) is 3.90. The normalized spacial score (nSPS) is 10.3. The number of amides is 1. The molecule has 2 rings (SSSR count). The summed E-state index contributed by atoms with van der Waals surface area (Å²) in [6.07, 6.45) is 2.20. The molecule has 1 aromatic carbocycles. The predicted octanol–water partition coefficient (Wildman–Crippen LogP) is 2.60. The van der Waals surface area contributed by atoms with Crippen LogP contribution in [0.15, 0.2) is 35.4 Å². The first-order chi connectivity index (χ1) is 8.63. The van der Waals surface area contributed by atoms with E-state index in [2.05, 4.69) is 22.9 Å². The monoisotopic (exact) mass is 278 g/mol. The summed E-state index contributed by atoms with van der Waals surface area (Å²) in [6.45, 7) is 2.50. The largest absolute Gasteiger partial charge is 0.351 e. The fraction of sp³-hybridized carbons (Fsp3) is 0.231. The summed E-state index contributed by atoms with van der Waals surface area (Å²) in [7, 11) is 0. The number of benzene rings is 1. The van der Waals surface area contributed by atoms with Crippen molar-refractivity contribution >= 4 is 29.9 Å². The Morgan fingerprint density at radius 3 is 2.72 bits per heavy atom. The van der Waals surface area contributed by atoms with E-state index in [9.17, 15) is 4.79 Å². The molecule has 1 N–H and O–H groups in total. The molecule has 1 heterocycles. The van der Waals surface area contributed by atoms with E-state index in [0.717, 1.165) is 20.3 Å². The van der Waals surface area contributed by atoms with E-state index in [4.69, 9.17) is 0 Å². The minimum atomic E-state index is 0.0213. The number of nitrogens with one attached hydrogen (secondary N) is 1. The van der Waals surface area contributed by atoms with Gasteiger partial charge in [0.2, 0.25) is 5.91 Å². The van der Waals surface area contributed by atoms with Crippen LogP contribution >= 0.6 is 24.0 Å². The topological polar surface area (TPSA) is 42.0 Å². The van der Waals surface area contributed by atoms with Crippen LogP contribution in [0.5, 0.6) is 0 Å². The highest BCUT2D eigenvalue weighted by Gasteiger charge is 2.04. The van der Waals surface area contributed by atoms with Crippen LogP contribution in [0.25, 0.3) is 0 Å². The SMILES string of the molecule is Cc1ncc(CNC(=O)Cc2ccc(S)cc2)s1. The lowest BCUT2D eigenvalue weighted by atomic mass is 10.1. The summed E-state index contributed by atoms with van der Waals surface area (Å²) < 4.78 is 0. The number of rotatable bonds is 4. The number of carbonyl (C=O) groups excluding carboxylic acids is 1. The van der Waals surface area contributed by atoms with Gasteiger partial charge in [0, 0.05) is 16.0 Å². The van der Waals surface area contributed by atoms with Gasteiger partial charge in [-0.15, -0.1) is 24.0 Å². The smallest absolute Gasteiger partial charge is 0.224 e. The average molecular weight is 278 g/mol. The number of thiazole rings is 1. The van der Waals surface area contributed by atoms with Gasteiger partial charge < -0.3 is 5.32 Å². The molecule has 1 aromatic heterocycles. The van der Waals surface area contributed by atoms with Crippen LogP contribution in [0.1, 0.15) is 15.4 Å². The Balaban J connectivity index is 1.83. The van der Waals surface area contributed by atoms with Crippen LogP contribution < -0.4 is 5.32 Å². The summed E-state index contributed by atoms with van der Waals surface area (Å²) in [4.78, 5) is 17.9. The molecule has 0 aliphatic heterocycles. The number of carbonyl (C=O) groups is 1. The summed E-state index contributed by atoms with van der Waals surface area (Å²) >= 11 is 5.81. The predicted molar refractivity (Wildman–Crippen MR) is 76.1 cm³/mol. The Bertz CT molecular complexity index is 534. The van der Waals surface area contributed by atoms with Crippen molar-refractivity contribution in [1.29, 1.82) is 0 Å². The van der Waals surface area contributed by atoms with Crippen molar-refractivity contribution in [2.75, 3.05) is 0 Å². The minimum Gasteiger partial charge on any atom is -0.351 e. The molecule has 0 radical (unpaired) electrons. The Morgan fingerprint density at radius 2 is 2.11 bits per heavy atom. The van der Waals surface area contributed by atoms with Crippen LogP contribution in [0.4, 0.5) is 0 Å². The molecule has 94 valence electrons. The van der Waals surface area contributed by atoms with Crippen LogP contribution in [0, 0.1) is 6.92 Å². The van der Waals surface area contributed by atoms with Gasteiger partial charge in [-0.25, -0.2) is 4.98 Å². The van der Waals surface area contributed by atoms with Gasteiger partial charge in [0.25, 0.3) is 0 Å². The lowest BCUT2D eigenvalue weighted by molar-refractivity contribution is -0.120. The number of aromatic nitrogens is 1. The fourth-order valence-corrected chi connectivity index (χ4v) is 2.42. The van der Waals surface area contributed by atoms with Gasteiger partial charge in [-0.3, -0.25) is 4.79 Å². The first-order valence-electron chi connectivity index (χ1n) is 5.59. The molecule has 0 saturated carbocycles. The van der Waals surface area contributed by atoms with Crippen molar-refractivity contribution in [2.24, 2.45) is 0 Å². The van der Waals surface area contributed by atoms with E-state index in [1.54, 1.807) is 17.5 Å². The lowest BCUT2D eigenvalue weighted by Gasteiger charge is -2.03. The van der Waals surface area contributed by atoms with Crippen molar-refractivity contribution in [2.45, 2.75) is 24.8 Å². The third kappa shape index (κ3) is 3.85. The Kier molecular flexibility index (Phi) is 4.38. The molecule has 0 aliphatic rings. The number of hydrogen-bond donors (Lipinski definition) is 2. The summed E-state index contributed by atoms with van der Waals surface area (Å²) in [5.41, 5.74) is 0.991. The molecule has 0 bridgehead atoms. The van der Waals surface area contributed by atoms with E-state index in [0.29, 0.717) is 13.0 Å². The van der Waals surface area contributed by atoms with Crippen LogP contribution in [-0.2, 0) is 17.8 Å². The molecule has 0 saturated heterocycles. The summed E-state index contributed by atoms with van der Waals surface area (Å²) in [5.74, 6) is 0.0213. The summed E-state index contributed by atoms with van der Waals surface area (Å²) in [6, 6.07) is 7.61. The zero-order chi connectivity index (χ0) is 13.0. The molecule has 1 amide bonds. The van der Waals surface area contributed by atoms with Gasteiger partial charge in [-0.1, -0.05) is 12.1 Å². The first-order valence-corrected chi connectivity index (χ1v) is 6.86. The zero-order valence-corrected chi connectivity index (χ0v) is 11.7. The van der Waals surface area contributed by atoms with E-state index in [-0.39, 0.29) is 5.91 Å². The highest BCUT2D eigenvalue weighted by Crippen LogP contribution is 2.11. The molecule has 18 heavy (non-hydrogen) atoms. The number of thiol groups is 1. The number of nitrogens with zero attached hydrogens (tertiary/aromatic N) is 1. The van der Waals surface area contributed by atoms with Gasteiger partial charge in [0.1, 0.15) is 0 Å². The number of hydrogen-bond acceptors (Lipinski definition) is 4. The molecule has 3 nitrogen and oxygen atoms in total. The molecular weight excluding hydrogens is 264 g/mol. The standard InChI is InChI=1S/C13H14N2OS2/c1-9-14-7-12(18-9)8-15-13(16)6-10-2-4-11(17)5-3-10/h2-5,7,17H,6,8H2,1H3,(H,15,16). The van der Waals surface area contributed by atoms with E-state index >= 15 is 0 Å². The quantitative estimate of drug-likeness (QED) is 0.844. The molecule has 5 heteroatoms. The van der Waals surface area contributed by atoms with Crippen LogP contribution in [0.3, 0.4) is 0 Å². The van der Waals surface area contributed by atoms with Crippen LogP contribution in [-0.4, -0.2) is 10.9 Å². The first kappa shape index (κ1) is 13.1. The Labute approximate surface area is 116 Å². The highest BCUT2D eigenvalue weighted by atomic mass is 32.1. The van der Waals surface area contributed by atoms with Crippen molar-refractivity contribution in [3.63, 3.8) is 0 Å². The molecule has 0 aliphatic carbocycles. The molecule has 0 fully saturated rings. The van der Waals surface area contributed by atoms with Gasteiger partial charge in [0.15, 0.2) is 0 Å². The Morgan fingerprint density at radius 1 is 1.39 bits per heavy atom. The average Bonchev–Trinajstić information content (AvgIpc) is 2.76. The second-order valence-corrected chi connectivity index (χ2v) is 5.80. The third-order valence-corrected chi connectivity index (χ3v) is 3.64. The molecule has 0 spiro atoms. The van der Waals surface area contributed by atoms with Crippen molar-refractivity contribution in [3.05, 3.63) is 45.9 Å². The maximum Gasteiger partial charge on any atom is 0.224 e. The number of aryl methyl sites for hydroxylation is 1.